The topological polar surface area (TPSA) is 12.0 Å². The first kappa shape index (κ1) is 26.7. The fraction of sp³-hybridized carbons (Fsp3) is 0.429. The summed E-state index contributed by atoms with van der Waals surface area (Å²) in [4.78, 5) is 0. The SMILES string of the molecule is C=C(C(=C)c1ccccc1)c1ccccc1.CC(C)(C)[NH][Ti]1([CH]2C3C=CC=CC3C3CCCCC32)[CH2][CH2]1. The van der Waals surface area contributed by atoms with Gasteiger partial charge in [0.2, 0.25) is 0 Å². The Balaban J connectivity index is 0.000000158. The third kappa shape index (κ3) is 5.90. The van der Waals surface area contributed by atoms with E-state index in [2.05, 4.69) is 86.3 Å². The Morgan fingerprint density at radius 2 is 1.22 bits per heavy atom. The van der Waals surface area contributed by atoms with Crippen molar-refractivity contribution < 1.29 is 16.8 Å². The summed E-state index contributed by atoms with van der Waals surface area (Å²) in [6.07, 6.45) is 15.9. The molecular formula is C35H45NTi. The van der Waals surface area contributed by atoms with E-state index in [1.807, 2.05) is 36.4 Å². The van der Waals surface area contributed by atoms with Gasteiger partial charge in [-0.3, -0.25) is 0 Å². The molecule has 1 heterocycles. The Labute approximate surface area is 229 Å². The second-order valence-electron chi connectivity index (χ2n) is 12.8. The molecule has 5 atom stereocenters. The normalized spacial score (nSPS) is 28.9. The number of nitrogens with one attached hydrogen (secondary N) is 1. The molecular weight excluding hydrogens is 482 g/mol. The van der Waals surface area contributed by atoms with Gasteiger partial charge in [-0.15, -0.1) is 0 Å². The van der Waals surface area contributed by atoms with Gasteiger partial charge >= 0.3 is 134 Å². The van der Waals surface area contributed by atoms with Crippen LogP contribution < -0.4 is 3.80 Å². The molecule has 194 valence electrons. The fourth-order valence-corrected chi connectivity index (χ4v) is 17.4. The first-order valence-corrected chi connectivity index (χ1v) is 18.3. The van der Waals surface area contributed by atoms with Crippen molar-refractivity contribution in [3.8, 4) is 0 Å². The molecule has 2 aromatic rings. The van der Waals surface area contributed by atoms with Crippen LogP contribution in [0.15, 0.2) is 98.1 Å². The number of fused-ring (bicyclic) bond motifs is 3. The van der Waals surface area contributed by atoms with E-state index >= 15 is 0 Å². The fourth-order valence-electron chi connectivity index (χ4n) is 7.65. The Kier molecular flexibility index (Phi) is 7.97. The van der Waals surface area contributed by atoms with E-state index in [4.69, 9.17) is 0 Å². The third-order valence-corrected chi connectivity index (χ3v) is 16.8. The van der Waals surface area contributed by atoms with E-state index in [0.717, 1.165) is 50.2 Å². The van der Waals surface area contributed by atoms with Crippen LogP contribution in [-0.4, -0.2) is 5.54 Å². The van der Waals surface area contributed by atoms with Gasteiger partial charge in [-0.1, -0.05) is 73.8 Å². The number of allylic oxidation sites excluding steroid dienone is 6. The number of benzene rings is 2. The predicted octanol–water partition coefficient (Wildman–Crippen LogP) is 9.67. The molecule has 0 bridgehead atoms. The minimum atomic E-state index is -1.79. The Morgan fingerprint density at radius 1 is 0.730 bits per heavy atom. The summed E-state index contributed by atoms with van der Waals surface area (Å²) in [7, 11) is 0. The van der Waals surface area contributed by atoms with Crippen LogP contribution >= 0.6 is 0 Å². The van der Waals surface area contributed by atoms with E-state index in [1.54, 1.807) is 9.45 Å². The second kappa shape index (κ2) is 11.1. The van der Waals surface area contributed by atoms with Crippen LogP contribution in [0.1, 0.15) is 57.6 Å². The summed E-state index contributed by atoms with van der Waals surface area (Å²) < 4.78 is 8.49. The molecule has 1 nitrogen and oxygen atoms in total. The molecule has 3 aliphatic carbocycles. The van der Waals surface area contributed by atoms with Crippen molar-refractivity contribution in [3.63, 3.8) is 0 Å². The third-order valence-electron chi connectivity index (χ3n) is 9.13. The van der Waals surface area contributed by atoms with Gasteiger partial charge in [-0.05, 0) is 22.3 Å². The summed E-state index contributed by atoms with van der Waals surface area (Å²) >= 11 is -1.79. The molecule has 2 heteroatoms. The van der Waals surface area contributed by atoms with Crippen LogP contribution in [0.3, 0.4) is 0 Å². The van der Waals surface area contributed by atoms with E-state index in [0.29, 0.717) is 5.54 Å². The van der Waals surface area contributed by atoms with E-state index < -0.39 is 16.8 Å². The summed E-state index contributed by atoms with van der Waals surface area (Å²) in [5.41, 5.74) is 4.53. The van der Waals surface area contributed by atoms with Crippen molar-refractivity contribution in [2.75, 3.05) is 0 Å². The molecule has 4 aliphatic rings. The van der Waals surface area contributed by atoms with E-state index in [1.165, 1.54) is 25.7 Å². The average molecular weight is 528 g/mol. The number of hydrogen-bond donors (Lipinski definition) is 1. The predicted molar refractivity (Wildman–Crippen MR) is 158 cm³/mol. The van der Waals surface area contributed by atoms with Gasteiger partial charge < -0.3 is 0 Å². The summed E-state index contributed by atoms with van der Waals surface area (Å²) in [5, 5.41) is 0. The van der Waals surface area contributed by atoms with Crippen molar-refractivity contribution in [3.05, 3.63) is 109 Å². The van der Waals surface area contributed by atoms with Crippen LogP contribution in [0.5, 0.6) is 0 Å². The summed E-state index contributed by atoms with van der Waals surface area (Å²) in [6.45, 7) is 15.4. The average Bonchev–Trinajstić information content (AvgIpc) is 3.59. The maximum atomic E-state index is 4.24. The van der Waals surface area contributed by atoms with Crippen LogP contribution in [0.4, 0.5) is 0 Å². The van der Waals surface area contributed by atoms with Crippen LogP contribution in [-0.2, 0) is 16.8 Å². The van der Waals surface area contributed by atoms with Gasteiger partial charge in [0.05, 0.1) is 0 Å². The minimum absolute atomic E-state index is 0.326. The first-order chi connectivity index (χ1) is 17.8. The Bertz CT molecular complexity index is 1100. The molecule has 1 N–H and O–H groups in total. The molecule has 0 radical (unpaired) electrons. The summed E-state index contributed by atoms with van der Waals surface area (Å²) in [5.74, 6) is 3.84. The zero-order valence-corrected chi connectivity index (χ0v) is 24.7. The van der Waals surface area contributed by atoms with Crippen molar-refractivity contribution in [1.29, 1.82) is 0 Å². The second-order valence-corrected chi connectivity index (χ2v) is 19.4. The molecule has 2 saturated carbocycles. The summed E-state index contributed by atoms with van der Waals surface area (Å²) in [6, 6.07) is 20.3. The first-order valence-electron chi connectivity index (χ1n) is 14.4. The molecule has 6 rings (SSSR count). The van der Waals surface area contributed by atoms with E-state index in [-0.39, 0.29) is 0 Å². The van der Waals surface area contributed by atoms with Gasteiger partial charge in [-0.2, -0.15) is 0 Å². The molecule has 5 unspecified atom stereocenters. The molecule has 0 aromatic heterocycles. The molecule has 1 saturated heterocycles. The van der Waals surface area contributed by atoms with Crippen molar-refractivity contribution >= 4 is 11.1 Å². The Morgan fingerprint density at radius 3 is 1.70 bits per heavy atom. The van der Waals surface area contributed by atoms with Gasteiger partial charge in [0.1, 0.15) is 0 Å². The maximum absolute atomic E-state index is 4.24. The zero-order valence-electron chi connectivity index (χ0n) is 23.1. The molecule has 2 aromatic carbocycles. The molecule has 3 fully saturated rings. The van der Waals surface area contributed by atoms with E-state index in [9.17, 15) is 0 Å². The molecule has 0 amide bonds. The van der Waals surface area contributed by atoms with Gasteiger partial charge in [0, 0.05) is 0 Å². The van der Waals surface area contributed by atoms with Crippen molar-refractivity contribution in [2.24, 2.45) is 23.7 Å². The number of hydrogen-bond acceptors (Lipinski definition) is 1. The van der Waals surface area contributed by atoms with Gasteiger partial charge in [0.15, 0.2) is 0 Å². The Hall–Kier alpha value is -1.93. The quantitative estimate of drug-likeness (QED) is 0.301. The monoisotopic (exact) mass is 527 g/mol. The van der Waals surface area contributed by atoms with Gasteiger partial charge in [-0.25, -0.2) is 0 Å². The van der Waals surface area contributed by atoms with Gasteiger partial charge in [0.25, 0.3) is 0 Å². The van der Waals surface area contributed by atoms with Crippen molar-refractivity contribution in [1.82, 2.24) is 3.80 Å². The van der Waals surface area contributed by atoms with Crippen LogP contribution in [0.2, 0.25) is 13.7 Å². The van der Waals surface area contributed by atoms with Crippen LogP contribution in [0.25, 0.3) is 11.1 Å². The zero-order chi connectivity index (χ0) is 26.0. The number of rotatable bonds is 5. The molecule has 1 aliphatic heterocycles. The standard InChI is InChI=1S/C16H14.C13H17.C4H10N.C2H4.Ti/c1-13(15-9-5-3-6-10-15)14(2)16-11-7-4-8-12-16;1-3-7-12-10(5-1)9-11-6-2-4-8-13(11)12;1-4(2,3)5;1-2;/h3-12H,1-2H2;1,3,5,7,9-13H,2,4,6,8H2;5H,1-3H3;1-2H2;/q;;-1;;+1. The molecule has 37 heavy (non-hydrogen) atoms. The van der Waals surface area contributed by atoms with Crippen molar-refractivity contribution in [2.45, 2.75) is 65.7 Å². The van der Waals surface area contributed by atoms with Crippen LogP contribution in [0, 0.1) is 23.7 Å². The molecule has 0 spiro atoms.